The molecule has 0 amide bonds. The van der Waals surface area contributed by atoms with Crippen molar-refractivity contribution in [2.24, 2.45) is 5.41 Å². The van der Waals surface area contributed by atoms with Gasteiger partial charge in [-0.2, -0.15) is 13.2 Å². The Balaban J connectivity index is 3.65. The molecule has 0 unspecified atom stereocenters. The molecule has 0 radical (unpaired) electrons. The highest BCUT2D eigenvalue weighted by Crippen LogP contribution is 2.22. The summed E-state index contributed by atoms with van der Waals surface area (Å²) in [4.78, 5) is 0. The average Bonchev–Trinajstić information content (AvgIpc) is 1.98. The van der Waals surface area contributed by atoms with Gasteiger partial charge in [0.05, 0.1) is 6.54 Å². The van der Waals surface area contributed by atoms with Crippen LogP contribution in [-0.2, 0) is 0 Å². The first kappa shape index (κ1) is 13.8. The van der Waals surface area contributed by atoms with E-state index >= 15 is 0 Å². The molecule has 86 valence electrons. The van der Waals surface area contributed by atoms with E-state index in [-0.39, 0.29) is 5.41 Å². The predicted octanol–water partition coefficient (Wildman–Crippen LogP) is 3.35. The van der Waals surface area contributed by atoms with Crippen molar-refractivity contribution in [3.8, 4) is 0 Å². The first-order valence-electron chi connectivity index (χ1n) is 5.04. The molecule has 0 aliphatic rings. The first-order chi connectivity index (χ1) is 6.27. The molecule has 0 saturated heterocycles. The fraction of sp³-hybridized carbons (Fsp3) is 1.00. The van der Waals surface area contributed by atoms with Crippen LogP contribution in [0.15, 0.2) is 0 Å². The number of hydrogen-bond donors (Lipinski definition) is 1. The van der Waals surface area contributed by atoms with E-state index in [0.717, 1.165) is 19.3 Å². The van der Waals surface area contributed by atoms with Crippen molar-refractivity contribution in [2.75, 3.05) is 13.1 Å². The second-order valence-corrected chi connectivity index (χ2v) is 4.49. The minimum Gasteiger partial charge on any atom is -0.308 e. The van der Waals surface area contributed by atoms with Crippen molar-refractivity contribution in [1.82, 2.24) is 5.32 Å². The topological polar surface area (TPSA) is 12.0 Å². The Bertz CT molecular complexity index is 152. The van der Waals surface area contributed by atoms with Crippen molar-refractivity contribution in [3.05, 3.63) is 0 Å². The van der Waals surface area contributed by atoms with E-state index in [0.29, 0.717) is 6.54 Å². The summed E-state index contributed by atoms with van der Waals surface area (Å²) < 4.78 is 35.5. The second-order valence-electron chi connectivity index (χ2n) is 4.49. The van der Waals surface area contributed by atoms with Crippen LogP contribution in [0.2, 0.25) is 0 Å². The van der Waals surface area contributed by atoms with Crippen molar-refractivity contribution >= 4 is 0 Å². The quantitative estimate of drug-likeness (QED) is 0.710. The van der Waals surface area contributed by atoms with Gasteiger partial charge in [-0.15, -0.1) is 0 Å². The lowest BCUT2D eigenvalue weighted by molar-refractivity contribution is -0.125. The van der Waals surface area contributed by atoms with E-state index in [1.165, 1.54) is 0 Å². The molecule has 4 heteroatoms. The molecule has 1 N–H and O–H groups in total. The zero-order valence-corrected chi connectivity index (χ0v) is 9.17. The van der Waals surface area contributed by atoms with E-state index in [9.17, 15) is 13.2 Å². The fourth-order valence-electron chi connectivity index (χ4n) is 1.29. The van der Waals surface area contributed by atoms with Gasteiger partial charge in [-0.25, -0.2) is 0 Å². The normalized spacial score (nSPS) is 13.3. The van der Waals surface area contributed by atoms with E-state index in [2.05, 4.69) is 12.2 Å². The van der Waals surface area contributed by atoms with Gasteiger partial charge in [-0.3, -0.25) is 0 Å². The van der Waals surface area contributed by atoms with Crippen LogP contribution in [0.4, 0.5) is 13.2 Å². The maximum atomic E-state index is 11.8. The van der Waals surface area contributed by atoms with E-state index in [1.807, 2.05) is 13.8 Å². The molecule has 0 fully saturated rings. The number of hydrogen-bond acceptors (Lipinski definition) is 1. The van der Waals surface area contributed by atoms with Crippen molar-refractivity contribution < 1.29 is 13.2 Å². The Morgan fingerprint density at radius 2 is 1.64 bits per heavy atom. The molecule has 14 heavy (non-hydrogen) atoms. The lowest BCUT2D eigenvalue weighted by Gasteiger charge is -2.25. The third-order valence-electron chi connectivity index (χ3n) is 2.14. The molecule has 0 spiro atoms. The molecule has 0 heterocycles. The lowest BCUT2D eigenvalue weighted by atomic mass is 9.87. The summed E-state index contributed by atoms with van der Waals surface area (Å²) in [5.74, 6) is 0. The largest absolute Gasteiger partial charge is 0.401 e. The van der Waals surface area contributed by atoms with Crippen LogP contribution in [0.1, 0.15) is 40.0 Å². The second kappa shape index (κ2) is 5.59. The summed E-state index contributed by atoms with van der Waals surface area (Å²) in [5, 5.41) is 2.45. The number of alkyl halides is 3. The van der Waals surface area contributed by atoms with Crippen LogP contribution in [0, 0.1) is 5.41 Å². The standard InChI is InChI=1S/C10H20F3N/c1-4-5-6-9(2,3)7-14-8-10(11,12)13/h14H,4-8H2,1-3H3. The molecule has 0 rings (SSSR count). The molecule has 0 aromatic heterocycles. The zero-order chi connectivity index (χ0) is 11.2. The van der Waals surface area contributed by atoms with Crippen molar-refractivity contribution in [2.45, 2.75) is 46.2 Å². The van der Waals surface area contributed by atoms with Gasteiger partial charge in [0.1, 0.15) is 0 Å². The Morgan fingerprint density at radius 3 is 2.07 bits per heavy atom. The molecule has 0 bridgehead atoms. The van der Waals surface area contributed by atoms with Gasteiger partial charge < -0.3 is 5.32 Å². The summed E-state index contributed by atoms with van der Waals surface area (Å²) in [7, 11) is 0. The maximum Gasteiger partial charge on any atom is 0.401 e. The van der Waals surface area contributed by atoms with Gasteiger partial charge in [0.2, 0.25) is 0 Å². The van der Waals surface area contributed by atoms with E-state index < -0.39 is 12.7 Å². The van der Waals surface area contributed by atoms with Gasteiger partial charge in [0.25, 0.3) is 0 Å². The summed E-state index contributed by atoms with van der Waals surface area (Å²) in [6, 6.07) is 0. The highest BCUT2D eigenvalue weighted by Gasteiger charge is 2.27. The Kier molecular flexibility index (Phi) is 5.49. The number of halogens is 3. The van der Waals surface area contributed by atoms with Gasteiger partial charge >= 0.3 is 6.18 Å². The summed E-state index contributed by atoms with van der Waals surface area (Å²) in [6.07, 6.45) is -0.974. The molecule has 0 aliphatic carbocycles. The highest BCUT2D eigenvalue weighted by atomic mass is 19.4. The summed E-state index contributed by atoms with van der Waals surface area (Å²) >= 11 is 0. The highest BCUT2D eigenvalue weighted by molar-refractivity contribution is 4.72. The molecule has 0 saturated carbocycles. The third kappa shape index (κ3) is 8.35. The van der Waals surface area contributed by atoms with Gasteiger partial charge in [0, 0.05) is 6.54 Å². The molecular weight excluding hydrogens is 191 g/mol. The molecule has 0 atom stereocenters. The molecule has 1 nitrogen and oxygen atoms in total. The smallest absolute Gasteiger partial charge is 0.308 e. The zero-order valence-electron chi connectivity index (χ0n) is 9.17. The van der Waals surface area contributed by atoms with Crippen molar-refractivity contribution in [3.63, 3.8) is 0 Å². The SMILES string of the molecule is CCCCC(C)(C)CNCC(F)(F)F. The summed E-state index contributed by atoms with van der Waals surface area (Å²) in [5.41, 5.74) is -0.0404. The van der Waals surface area contributed by atoms with Gasteiger partial charge in [-0.05, 0) is 11.8 Å². The minimum atomic E-state index is -4.10. The van der Waals surface area contributed by atoms with Crippen LogP contribution in [0.3, 0.4) is 0 Å². The average molecular weight is 211 g/mol. The van der Waals surface area contributed by atoms with Crippen LogP contribution in [-0.4, -0.2) is 19.3 Å². The van der Waals surface area contributed by atoms with Crippen LogP contribution in [0.25, 0.3) is 0 Å². The van der Waals surface area contributed by atoms with Gasteiger partial charge in [-0.1, -0.05) is 33.6 Å². The van der Waals surface area contributed by atoms with Crippen LogP contribution < -0.4 is 5.32 Å². The Labute approximate surface area is 84.1 Å². The van der Waals surface area contributed by atoms with Gasteiger partial charge in [0.15, 0.2) is 0 Å². The monoisotopic (exact) mass is 211 g/mol. The Hall–Kier alpha value is -0.250. The van der Waals surface area contributed by atoms with E-state index in [1.54, 1.807) is 0 Å². The number of unbranched alkanes of at least 4 members (excludes halogenated alkanes) is 1. The van der Waals surface area contributed by atoms with Crippen LogP contribution >= 0.6 is 0 Å². The molecular formula is C10H20F3N. The first-order valence-corrected chi connectivity index (χ1v) is 5.04. The third-order valence-corrected chi connectivity index (χ3v) is 2.14. The summed E-state index contributed by atoms with van der Waals surface area (Å²) in [6.45, 7) is 5.60. The minimum absolute atomic E-state index is 0.0404. The Morgan fingerprint density at radius 1 is 1.07 bits per heavy atom. The lowest BCUT2D eigenvalue weighted by Crippen LogP contribution is -2.36. The van der Waals surface area contributed by atoms with E-state index in [4.69, 9.17) is 0 Å². The fourth-order valence-corrected chi connectivity index (χ4v) is 1.29. The molecule has 0 aromatic rings. The molecule has 0 aliphatic heterocycles. The van der Waals surface area contributed by atoms with Crippen LogP contribution in [0.5, 0.6) is 0 Å². The number of nitrogens with one attached hydrogen (secondary N) is 1. The maximum absolute atomic E-state index is 11.8. The molecule has 0 aromatic carbocycles. The number of rotatable bonds is 6. The van der Waals surface area contributed by atoms with Crippen molar-refractivity contribution in [1.29, 1.82) is 0 Å². The predicted molar refractivity (Wildman–Crippen MR) is 52.2 cm³/mol.